The molecule has 8 heteroatoms. The Kier molecular flexibility index (Phi) is 6.50. The molecule has 2 aromatic carbocycles. The van der Waals surface area contributed by atoms with E-state index in [4.69, 9.17) is 16.3 Å². The fraction of sp³-hybridized carbons (Fsp3) is 0.278. The summed E-state index contributed by atoms with van der Waals surface area (Å²) < 4.78 is 31.1. The van der Waals surface area contributed by atoms with Crippen LogP contribution in [0.3, 0.4) is 0 Å². The van der Waals surface area contributed by atoms with E-state index >= 15 is 0 Å². The zero-order valence-electron chi connectivity index (χ0n) is 14.8. The predicted octanol–water partition coefficient (Wildman–Crippen LogP) is 3.53. The molecule has 2 aromatic rings. The summed E-state index contributed by atoms with van der Waals surface area (Å²) in [6.07, 6.45) is 1.35. The van der Waals surface area contributed by atoms with Crippen LogP contribution >= 0.6 is 11.6 Å². The molecular formula is C18H21ClN2O4S. The van der Waals surface area contributed by atoms with Gasteiger partial charge in [-0.25, -0.2) is 8.42 Å². The van der Waals surface area contributed by atoms with Gasteiger partial charge in [0.25, 0.3) is 0 Å². The van der Waals surface area contributed by atoms with Gasteiger partial charge in [-0.3, -0.25) is 9.10 Å². The van der Waals surface area contributed by atoms with Gasteiger partial charge in [-0.1, -0.05) is 36.7 Å². The number of anilines is 2. The number of methoxy groups -OCH3 is 1. The van der Waals surface area contributed by atoms with E-state index in [1.54, 1.807) is 55.5 Å². The molecule has 0 spiro atoms. The highest BCUT2D eigenvalue weighted by atomic mass is 35.5. The summed E-state index contributed by atoms with van der Waals surface area (Å²) in [6.45, 7) is 1.75. The minimum atomic E-state index is -3.72. The molecule has 1 atom stereocenters. The normalized spacial score (nSPS) is 12.3. The van der Waals surface area contributed by atoms with Gasteiger partial charge in [0.1, 0.15) is 11.8 Å². The van der Waals surface area contributed by atoms with E-state index in [1.165, 1.54) is 7.11 Å². The number of sulfonamides is 1. The smallest absolute Gasteiger partial charge is 0.248 e. The Labute approximate surface area is 158 Å². The fourth-order valence-electron chi connectivity index (χ4n) is 2.59. The largest absolute Gasteiger partial charge is 0.497 e. The monoisotopic (exact) mass is 396 g/mol. The number of nitrogens with one attached hydrogen (secondary N) is 1. The molecule has 0 aliphatic carbocycles. The quantitative estimate of drug-likeness (QED) is 0.776. The van der Waals surface area contributed by atoms with Gasteiger partial charge in [0.15, 0.2) is 0 Å². The van der Waals surface area contributed by atoms with E-state index in [0.717, 1.165) is 10.6 Å². The van der Waals surface area contributed by atoms with Crippen LogP contribution in [0.25, 0.3) is 0 Å². The van der Waals surface area contributed by atoms with Crippen LogP contribution in [-0.2, 0) is 14.8 Å². The Morgan fingerprint density at radius 1 is 1.23 bits per heavy atom. The summed E-state index contributed by atoms with van der Waals surface area (Å²) in [5.41, 5.74) is 0.782. The first-order valence-electron chi connectivity index (χ1n) is 7.96. The van der Waals surface area contributed by atoms with Crippen LogP contribution in [0, 0.1) is 0 Å². The Bertz CT molecular complexity index is 886. The van der Waals surface area contributed by atoms with Crippen molar-refractivity contribution in [3.63, 3.8) is 0 Å². The van der Waals surface area contributed by atoms with E-state index in [2.05, 4.69) is 5.32 Å². The minimum Gasteiger partial charge on any atom is -0.497 e. The summed E-state index contributed by atoms with van der Waals surface area (Å²) in [5.74, 6) is 0.0337. The average molecular weight is 397 g/mol. The third-order valence-electron chi connectivity index (χ3n) is 3.77. The molecule has 6 nitrogen and oxygen atoms in total. The molecule has 0 saturated heterocycles. The molecule has 0 aromatic heterocycles. The third kappa shape index (κ3) is 4.68. The summed E-state index contributed by atoms with van der Waals surface area (Å²) in [7, 11) is -2.23. The second-order valence-corrected chi connectivity index (χ2v) is 7.92. The Hall–Kier alpha value is -2.25. The maximum Gasteiger partial charge on any atom is 0.248 e. The molecule has 26 heavy (non-hydrogen) atoms. The molecule has 1 amide bonds. The molecule has 0 heterocycles. The van der Waals surface area contributed by atoms with Crippen LogP contribution in [0.1, 0.15) is 13.3 Å². The Morgan fingerprint density at radius 3 is 2.50 bits per heavy atom. The number of carbonyl (C=O) groups excluding carboxylic acids is 1. The van der Waals surface area contributed by atoms with Crippen molar-refractivity contribution in [2.75, 3.05) is 23.0 Å². The molecule has 0 unspecified atom stereocenters. The Balaban J connectivity index is 2.41. The number of amides is 1. The van der Waals surface area contributed by atoms with Crippen LogP contribution in [0.4, 0.5) is 11.4 Å². The molecule has 1 N–H and O–H groups in total. The number of para-hydroxylation sites is 1. The summed E-state index contributed by atoms with van der Waals surface area (Å²) in [5, 5.41) is 3.08. The van der Waals surface area contributed by atoms with E-state index in [1.807, 2.05) is 0 Å². The number of carbonyl (C=O) groups is 1. The molecule has 0 saturated carbocycles. The zero-order valence-corrected chi connectivity index (χ0v) is 16.3. The highest BCUT2D eigenvalue weighted by Gasteiger charge is 2.32. The average Bonchev–Trinajstić information content (AvgIpc) is 2.60. The topological polar surface area (TPSA) is 75.7 Å². The highest BCUT2D eigenvalue weighted by molar-refractivity contribution is 7.92. The number of benzene rings is 2. The zero-order chi connectivity index (χ0) is 19.3. The van der Waals surface area contributed by atoms with E-state index < -0.39 is 22.0 Å². The number of hydrogen-bond donors (Lipinski definition) is 1. The second kappa shape index (κ2) is 8.42. The molecule has 140 valence electrons. The van der Waals surface area contributed by atoms with Gasteiger partial charge in [0.2, 0.25) is 15.9 Å². The lowest BCUT2D eigenvalue weighted by molar-refractivity contribution is -0.117. The van der Waals surface area contributed by atoms with E-state index in [0.29, 0.717) is 22.1 Å². The van der Waals surface area contributed by atoms with Crippen molar-refractivity contribution in [2.24, 2.45) is 0 Å². The number of hydrogen-bond acceptors (Lipinski definition) is 4. The van der Waals surface area contributed by atoms with Crippen molar-refractivity contribution in [1.82, 2.24) is 0 Å². The molecule has 0 aliphatic rings. The molecule has 0 fully saturated rings. The maximum absolute atomic E-state index is 12.8. The van der Waals surface area contributed by atoms with Crippen molar-refractivity contribution in [2.45, 2.75) is 19.4 Å². The van der Waals surface area contributed by atoms with Crippen molar-refractivity contribution in [3.05, 3.63) is 53.6 Å². The first-order valence-corrected chi connectivity index (χ1v) is 10.2. The highest BCUT2D eigenvalue weighted by Crippen LogP contribution is 2.28. The summed E-state index contributed by atoms with van der Waals surface area (Å²) >= 11 is 6.08. The molecule has 0 bridgehead atoms. The maximum atomic E-state index is 12.8. The minimum absolute atomic E-state index is 0.278. The first-order chi connectivity index (χ1) is 12.3. The van der Waals surface area contributed by atoms with Crippen molar-refractivity contribution in [3.8, 4) is 5.75 Å². The van der Waals surface area contributed by atoms with Gasteiger partial charge in [-0.2, -0.15) is 0 Å². The van der Waals surface area contributed by atoms with E-state index in [9.17, 15) is 13.2 Å². The van der Waals surface area contributed by atoms with Crippen molar-refractivity contribution >= 4 is 38.9 Å². The third-order valence-corrected chi connectivity index (χ3v) is 5.28. The van der Waals surface area contributed by atoms with Gasteiger partial charge in [-0.05, 0) is 30.7 Å². The first kappa shape index (κ1) is 20.1. The standard InChI is InChI=1S/C18H21ClN2O4S/c1-4-17(18(22)20-16-11-6-5-10-15(16)19)21(26(3,23)24)13-8-7-9-14(12-13)25-2/h5-12,17H,4H2,1-3H3,(H,20,22)/t17-/m0/s1. The number of rotatable bonds is 7. The van der Waals surface area contributed by atoms with Gasteiger partial charge >= 0.3 is 0 Å². The predicted molar refractivity (Wildman–Crippen MR) is 104 cm³/mol. The Morgan fingerprint density at radius 2 is 1.92 bits per heavy atom. The van der Waals surface area contributed by atoms with Gasteiger partial charge < -0.3 is 10.1 Å². The van der Waals surface area contributed by atoms with Crippen LogP contribution in [0.2, 0.25) is 5.02 Å². The van der Waals surface area contributed by atoms with Crippen molar-refractivity contribution < 1.29 is 17.9 Å². The fourth-order valence-corrected chi connectivity index (χ4v) is 3.97. The molecule has 2 rings (SSSR count). The van der Waals surface area contributed by atoms with Gasteiger partial charge in [0.05, 0.1) is 29.8 Å². The molecule has 0 aliphatic heterocycles. The SMILES string of the molecule is CC[C@@H](C(=O)Nc1ccccc1Cl)N(c1cccc(OC)c1)S(C)(=O)=O. The lowest BCUT2D eigenvalue weighted by Crippen LogP contribution is -2.47. The summed E-state index contributed by atoms with van der Waals surface area (Å²) in [4.78, 5) is 12.8. The summed E-state index contributed by atoms with van der Waals surface area (Å²) in [6, 6.07) is 12.4. The molecule has 0 radical (unpaired) electrons. The van der Waals surface area contributed by atoms with E-state index in [-0.39, 0.29) is 6.42 Å². The lowest BCUT2D eigenvalue weighted by atomic mass is 10.1. The number of halogens is 1. The van der Waals surface area contributed by atoms with Gasteiger partial charge in [0, 0.05) is 6.07 Å². The molecular weight excluding hydrogens is 376 g/mol. The lowest BCUT2D eigenvalue weighted by Gasteiger charge is -2.30. The number of ether oxygens (including phenoxy) is 1. The van der Waals surface area contributed by atoms with Gasteiger partial charge in [-0.15, -0.1) is 0 Å². The van der Waals surface area contributed by atoms with Crippen LogP contribution in [0.5, 0.6) is 5.75 Å². The van der Waals surface area contributed by atoms with Crippen molar-refractivity contribution in [1.29, 1.82) is 0 Å². The van der Waals surface area contributed by atoms with Crippen LogP contribution in [0.15, 0.2) is 48.5 Å². The van der Waals surface area contributed by atoms with Crippen LogP contribution < -0.4 is 14.4 Å². The number of nitrogens with zero attached hydrogens (tertiary/aromatic N) is 1. The second-order valence-electron chi connectivity index (χ2n) is 5.65. The van der Waals surface area contributed by atoms with Crippen LogP contribution in [-0.4, -0.2) is 33.7 Å².